The van der Waals surface area contributed by atoms with Gasteiger partial charge >= 0.3 is 0 Å². The number of hydroxylamine groups is 4. The molecule has 22 heavy (non-hydrogen) atoms. The first-order valence-electron chi connectivity index (χ1n) is 7.54. The van der Waals surface area contributed by atoms with Crippen molar-refractivity contribution in [1.29, 1.82) is 0 Å². The number of hydrogen-bond donors (Lipinski definition) is 2. The van der Waals surface area contributed by atoms with Crippen molar-refractivity contribution in [2.75, 3.05) is 0 Å². The van der Waals surface area contributed by atoms with Gasteiger partial charge in [0.05, 0.1) is 0 Å². The molecule has 2 N–H and O–H groups in total. The molecule has 2 amide bonds. The van der Waals surface area contributed by atoms with Gasteiger partial charge in [0.2, 0.25) is 5.91 Å². The molecule has 2 aliphatic rings. The van der Waals surface area contributed by atoms with Crippen LogP contribution in [0.1, 0.15) is 61.3 Å². The van der Waals surface area contributed by atoms with Crippen LogP contribution in [0.5, 0.6) is 0 Å². The number of nitrogens with zero attached hydrogens (tertiary/aromatic N) is 3. The van der Waals surface area contributed by atoms with Gasteiger partial charge in [0.15, 0.2) is 0 Å². The molecule has 0 atom stereocenters. The van der Waals surface area contributed by atoms with Gasteiger partial charge in [-0.1, -0.05) is 0 Å². The molecule has 0 unspecified atom stereocenters. The summed E-state index contributed by atoms with van der Waals surface area (Å²) in [6.45, 7) is 11.9. The summed E-state index contributed by atoms with van der Waals surface area (Å²) in [5.41, 5.74) is -3.78. The monoisotopic (exact) mass is 313 g/mol. The van der Waals surface area contributed by atoms with Crippen molar-refractivity contribution in [2.45, 2.75) is 83.6 Å². The Labute approximate surface area is 131 Å². The normalized spacial score (nSPS) is 30.0. The lowest BCUT2D eigenvalue weighted by molar-refractivity contribution is -0.296. The summed E-state index contributed by atoms with van der Waals surface area (Å²) in [6.07, 6.45) is 0.449. The quantitative estimate of drug-likeness (QED) is 0.706. The Bertz CT molecular complexity index is 509. The predicted octanol–water partition coefficient (Wildman–Crippen LogP) is 1.58. The smallest absolute Gasteiger partial charge is 0.253 e. The van der Waals surface area contributed by atoms with Gasteiger partial charge in [0.1, 0.15) is 11.2 Å². The zero-order valence-corrected chi connectivity index (χ0v) is 14.5. The molecule has 2 fully saturated rings. The minimum absolute atomic E-state index is 0.225. The SMILES string of the molecule is CC(=O)N1C(=O)C2(CC(C)(C)N(O)C(C)(C)C2)N(O)C1(C)C. The lowest BCUT2D eigenvalue weighted by atomic mass is 9.70. The Morgan fingerprint density at radius 1 is 0.955 bits per heavy atom. The van der Waals surface area contributed by atoms with E-state index in [4.69, 9.17) is 0 Å². The van der Waals surface area contributed by atoms with E-state index in [0.29, 0.717) is 0 Å². The van der Waals surface area contributed by atoms with Gasteiger partial charge < -0.3 is 10.4 Å². The van der Waals surface area contributed by atoms with E-state index in [1.54, 1.807) is 13.8 Å². The second-order valence-corrected chi connectivity index (χ2v) is 8.29. The Kier molecular flexibility index (Phi) is 3.55. The average Bonchev–Trinajstić information content (AvgIpc) is 2.45. The van der Waals surface area contributed by atoms with Crippen molar-refractivity contribution in [1.82, 2.24) is 15.0 Å². The lowest BCUT2D eigenvalue weighted by Crippen LogP contribution is -2.69. The zero-order chi connectivity index (χ0) is 17.3. The van der Waals surface area contributed by atoms with Crippen molar-refractivity contribution in [3.8, 4) is 0 Å². The van der Waals surface area contributed by atoms with Crippen LogP contribution in [0.25, 0.3) is 0 Å². The van der Waals surface area contributed by atoms with Crippen molar-refractivity contribution in [3.05, 3.63) is 0 Å². The summed E-state index contributed by atoms with van der Waals surface area (Å²) < 4.78 is 0. The molecular weight excluding hydrogens is 286 g/mol. The third-order valence-corrected chi connectivity index (χ3v) is 4.98. The van der Waals surface area contributed by atoms with Crippen LogP contribution in [-0.2, 0) is 9.59 Å². The molecule has 0 aromatic carbocycles. The number of amides is 2. The van der Waals surface area contributed by atoms with E-state index in [1.807, 2.05) is 27.7 Å². The van der Waals surface area contributed by atoms with Crippen LogP contribution >= 0.6 is 0 Å². The molecule has 0 aromatic rings. The van der Waals surface area contributed by atoms with Crippen LogP contribution < -0.4 is 0 Å². The molecule has 2 rings (SSSR count). The maximum Gasteiger partial charge on any atom is 0.253 e. The van der Waals surface area contributed by atoms with Gasteiger partial charge in [-0.2, -0.15) is 10.1 Å². The molecule has 7 nitrogen and oxygen atoms in total. The van der Waals surface area contributed by atoms with Crippen molar-refractivity contribution in [3.63, 3.8) is 0 Å². The largest absolute Gasteiger partial charge is 0.313 e. The van der Waals surface area contributed by atoms with E-state index in [-0.39, 0.29) is 12.8 Å². The Balaban J connectivity index is 2.59. The Morgan fingerprint density at radius 3 is 1.68 bits per heavy atom. The maximum absolute atomic E-state index is 13.0. The highest BCUT2D eigenvalue weighted by atomic mass is 16.5. The van der Waals surface area contributed by atoms with E-state index in [2.05, 4.69) is 0 Å². The standard InChI is InChI=1S/C15H27N3O4/c1-10(19)16-11(20)15(18(22)14(16,6)7)8-12(2,3)17(21)13(4,5)9-15/h21-22H,8-9H2,1-7H3. The number of carbonyl (C=O) groups is 2. The molecule has 126 valence electrons. The third kappa shape index (κ3) is 2.03. The summed E-state index contributed by atoms with van der Waals surface area (Å²) in [4.78, 5) is 26.1. The fourth-order valence-electron chi connectivity index (χ4n) is 4.46. The molecule has 2 saturated heterocycles. The van der Waals surface area contributed by atoms with Gasteiger partial charge in [-0.15, -0.1) is 0 Å². The van der Waals surface area contributed by atoms with Crippen LogP contribution in [0, 0.1) is 0 Å². The second kappa shape index (κ2) is 4.50. The summed E-state index contributed by atoms with van der Waals surface area (Å²) in [6, 6.07) is 0. The molecule has 2 heterocycles. The van der Waals surface area contributed by atoms with Crippen molar-refractivity contribution in [2.24, 2.45) is 0 Å². The minimum Gasteiger partial charge on any atom is -0.313 e. The zero-order valence-electron chi connectivity index (χ0n) is 14.5. The molecule has 0 aliphatic carbocycles. The third-order valence-electron chi connectivity index (χ3n) is 4.98. The van der Waals surface area contributed by atoms with Crippen LogP contribution in [0.4, 0.5) is 0 Å². The number of carbonyl (C=O) groups excluding carboxylic acids is 2. The fraction of sp³-hybridized carbons (Fsp3) is 0.867. The molecule has 0 radical (unpaired) electrons. The number of rotatable bonds is 0. The molecule has 1 spiro atoms. The van der Waals surface area contributed by atoms with Gasteiger partial charge in [-0.25, -0.2) is 0 Å². The van der Waals surface area contributed by atoms with Crippen LogP contribution in [-0.4, -0.2) is 59.5 Å². The Morgan fingerprint density at radius 2 is 1.36 bits per heavy atom. The van der Waals surface area contributed by atoms with Crippen LogP contribution in [0.2, 0.25) is 0 Å². The van der Waals surface area contributed by atoms with E-state index in [9.17, 15) is 20.0 Å². The summed E-state index contributed by atoms with van der Waals surface area (Å²) in [5, 5.41) is 23.5. The highest BCUT2D eigenvalue weighted by Gasteiger charge is 2.68. The molecule has 2 aliphatic heterocycles. The first-order chi connectivity index (χ1) is 9.70. The topological polar surface area (TPSA) is 84.3 Å². The van der Waals surface area contributed by atoms with Crippen LogP contribution in [0.15, 0.2) is 0 Å². The van der Waals surface area contributed by atoms with Gasteiger partial charge in [0, 0.05) is 18.0 Å². The Hall–Kier alpha value is -1.02. The minimum atomic E-state index is -1.22. The van der Waals surface area contributed by atoms with Crippen molar-refractivity contribution < 1.29 is 20.0 Å². The molecular formula is C15H27N3O4. The highest BCUT2D eigenvalue weighted by molar-refractivity contribution is 6.02. The highest BCUT2D eigenvalue weighted by Crippen LogP contribution is 2.51. The number of imide groups is 1. The first kappa shape index (κ1) is 17.3. The van der Waals surface area contributed by atoms with E-state index in [0.717, 1.165) is 9.96 Å². The van der Waals surface area contributed by atoms with Crippen molar-refractivity contribution >= 4 is 11.8 Å². The van der Waals surface area contributed by atoms with Gasteiger partial charge in [0.25, 0.3) is 5.91 Å². The van der Waals surface area contributed by atoms with Gasteiger partial charge in [-0.05, 0) is 54.4 Å². The van der Waals surface area contributed by atoms with Crippen LogP contribution in [0.3, 0.4) is 0 Å². The summed E-state index contributed by atoms with van der Waals surface area (Å²) >= 11 is 0. The predicted molar refractivity (Wildman–Crippen MR) is 79.0 cm³/mol. The molecule has 0 bridgehead atoms. The molecule has 0 aromatic heterocycles. The van der Waals surface area contributed by atoms with Gasteiger partial charge in [-0.3, -0.25) is 14.5 Å². The first-order valence-corrected chi connectivity index (χ1v) is 7.54. The molecule has 0 saturated carbocycles. The average molecular weight is 313 g/mol. The summed E-state index contributed by atoms with van der Waals surface area (Å²) in [7, 11) is 0. The fourth-order valence-corrected chi connectivity index (χ4v) is 4.46. The summed E-state index contributed by atoms with van der Waals surface area (Å²) in [5.74, 6) is -0.797. The molecule has 7 heteroatoms. The lowest BCUT2D eigenvalue weighted by Gasteiger charge is -2.55. The van der Waals surface area contributed by atoms with E-state index < -0.39 is 34.1 Å². The maximum atomic E-state index is 13.0. The van der Waals surface area contributed by atoms with E-state index in [1.165, 1.54) is 12.0 Å². The van der Waals surface area contributed by atoms with E-state index >= 15 is 0 Å². The second-order valence-electron chi connectivity index (χ2n) is 8.29. The number of piperidine rings is 1. The number of hydrogen-bond acceptors (Lipinski definition) is 6.